The van der Waals surface area contributed by atoms with Gasteiger partial charge in [-0.2, -0.15) is 0 Å². The fourth-order valence-electron chi connectivity index (χ4n) is 2.45. The monoisotopic (exact) mass is 361 g/mol. The van der Waals surface area contributed by atoms with Gasteiger partial charge in [-0.15, -0.1) is 0 Å². The summed E-state index contributed by atoms with van der Waals surface area (Å²) in [4.78, 5) is 23.7. The van der Waals surface area contributed by atoms with Gasteiger partial charge in [-0.1, -0.05) is 6.92 Å². The Labute approximate surface area is 151 Å². The highest BCUT2D eigenvalue weighted by Gasteiger charge is 2.16. The van der Waals surface area contributed by atoms with Crippen molar-refractivity contribution in [2.75, 3.05) is 20.8 Å². The third-order valence-corrected chi connectivity index (χ3v) is 4.00. The maximum absolute atomic E-state index is 11.9. The van der Waals surface area contributed by atoms with Gasteiger partial charge in [-0.25, -0.2) is 9.59 Å². The molecule has 0 fully saturated rings. The molecule has 1 aromatic heterocycles. The molecule has 26 heavy (non-hydrogen) atoms. The van der Waals surface area contributed by atoms with Crippen LogP contribution in [0.15, 0.2) is 34.7 Å². The maximum Gasteiger partial charge on any atom is 0.337 e. The summed E-state index contributed by atoms with van der Waals surface area (Å²) < 4.78 is 15.3. The van der Waals surface area contributed by atoms with Crippen LogP contribution in [0.1, 0.15) is 39.8 Å². The molecule has 2 aromatic rings. The standard InChI is InChI=1S/C19H23NO6/c1-4-15(11-21)20-10-16-5-6-17(26-16)12-7-13(18(22)24-2)9-14(8-12)19(23)25-3/h5-9,15,20-21H,4,10-11H2,1-3H3/t15-/m1/s1. The van der Waals surface area contributed by atoms with Gasteiger partial charge in [0.15, 0.2) is 0 Å². The Hall–Kier alpha value is -2.64. The SMILES string of the molecule is CC[C@H](CO)NCc1ccc(-c2cc(C(=O)OC)cc(C(=O)OC)c2)o1. The summed E-state index contributed by atoms with van der Waals surface area (Å²) in [5.41, 5.74) is 1.02. The first kappa shape index (κ1) is 19.7. The molecule has 2 rings (SSSR count). The molecule has 0 amide bonds. The van der Waals surface area contributed by atoms with Crippen molar-refractivity contribution in [3.63, 3.8) is 0 Å². The van der Waals surface area contributed by atoms with Gasteiger partial charge >= 0.3 is 11.9 Å². The molecular formula is C19H23NO6. The average molecular weight is 361 g/mol. The normalized spacial score (nSPS) is 11.8. The summed E-state index contributed by atoms with van der Waals surface area (Å²) in [7, 11) is 2.55. The molecule has 1 atom stereocenters. The number of carbonyl (C=O) groups excluding carboxylic acids is 2. The van der Waals surface area contributed by atoms with Crippen LogP contribution in [0.5, 0.6) is 0 Å². The Kier molecular flexibility index (Phi) is 6.94. The minimum absolute atomic E-state index is 0.00266. The second kappa shape index (κ2) is 9.17. The van der Waals surface area contributed by atoms with E-state index in [0.717, 1.165) is 6.42 Å². The number of methoxy groups -OCH3 is 2. The van der Waals surface area contributed by atoms with Crippen LogP contribution in [0.25, 0.3) is 11.3 Å². The van der Waals surface area contributed by atoms with Crippen LogP contribution in [-0.4, -0.2) is 43.9 Å². The molecule has 1 heterocycles. The molecule has 7 nitrogen and oxygen atoms in total. The van der Waals surface area contributed by atoms with Crippen molar-refractivity contribution in [1.82, 2.24) is 5.32 Å². The van der Waals surface area contributed by atoms with Crippen molar-refractivity contribution >= 4 is 11.9 Å². The quantitative estimate of drug-likeness (QED) is 0.697. The molecule has 0 aliphatic rings. The first-order chi connectivity index (χ1) is 12.5. The van der Waals surface area contributed by atoms with Crippen molar-refractivity contribution in [3.05, 3.63) is 47.2 Å². The van der Waals surface area contributed by atoms with Crippen molar-refractivity contribution in [2.24, 2.45) is 0 Å². The number of nitrogens with one attached hydrogen (secondary N) is 1. The molecule has 7 heteroatoms. The predicted molar refractivity (Wildman–Crippen MR) is 94.8 cm³/mol. The van der Waals surface area contributed by atoms with Crippen molar-refractivity contribution in [2.45, 2.75) is 25.9 Å². The topological polar surface area (TPSA) is 98.0 Å². The van der Waals surface area contributed by atoms with E-state index in [2.05, 4.69) is 5.32 Å². The van der Waals surface area contributed by atoms with E-state index < -0.39 is 11.9 Å². The first-order valence-electron chi connectivity index (χ1n) is 8.27. The van der Waals surface area contributed by atoms with Crippen molar-refractivity contribution < 1.29 is 28.6 Å². The average Bonchev–Trinajstić information content (AvgIpc) is 3.16. The Morgan fingerprint density at radius 3 is 2.23 bits per heavy atom. The van der Waals surface area contributed by atoms with E-state index in [-0.39, 0.29) is 23.8 Å². The number of esters is 2. The van der Waals surface area contributed by atoms with Gasteiger partial charge in [0.1, 0.15) is 11.5 Å². The molecule has 2 N–H and O–H groups in total. The van der Waals surface area contributed by atoms with E-state index in [1.807, 2.05) is 6.92 Å². The smallest absolute Gasteiger partial charge is 0.337 e. The lowest BCUT2D eigenvalue weighted by Crippen LogP contribution is -2.30. The molecule has 0 unspecified atom stereocenters. The molecule has 1 aromatic carbocycles. The lowest BCUT2D eigenvalue weighted by molar-refractivity contribution is 0.0599. The Morgan fingerprint density at radius 1 is 1.12 bits per heavy atom. The van der Waals surface area contributed by atoms with Crippen molar-refractivity contribution in [3.8, 4) is 11.3 Å². The number of furan rings is 1. The van der Waals surface area contributed by atoms with Gasteiger partial charge in [-0.3, -0.25) is 0 Å². The molecule has 0 spiro atoms. The minimum atomic E-state index is -0.556. The molecule has 140 valence electrons. The number of ether oxygens (including phenoxy) is 2. The third kappa shape index (κ3) is 4.71. The van der Waals surface area contributed by atoms with Gasteiger partial charge in [0.05, 0.1) is 38.5 Å². The lowest BCUT2D eigenvalue weighted by atomic mass is 10.0. The highest BCUT2D eigenvalue weighted by atomic mass is 16.5. The number of aliphatic hydroxyl groups is 1. The van der Waals surface area contributed by atoms with Crippen LogP contribution in [0, 0.1) is 0 Å². The number of hydrogen-bond acceptors (Lipinski definition) is 7. The molecule has 0 aliphatic heterocycles. The van der Waals surface area contributed by atoms with Gasteiger partial charge < -0.3 is 24.3 Å². The summed E-state index contributed by atoms with van der Waals surface area (Å²) in [6, 6.07) is 8.16. The zero-order chi connectivity index (χ0) is 19.1. The van der Waals surface area contributed by atoms with Crippen LogP contribution in [-0.2, 0) is 16.0 Å². The Bertz CT molecular complexity index is 729. The number of hydrogen-bond donors (Lipinski definition) is 2. The molecular weight excluding hydrogens is 338 g/mol. The van der Waals surface area contributed by atoms with Gasteiger partial charge in [0.2, 0.25) is 0 Å². The molecule has 0 bridgehead atoms. The van der Waals surface area contributed by atoms with Gasteiger partial charge in [0, 0.05) is 11.6 Å². The van der Waals surface area contributed by atoms with E-state index in [1.165, 1.54) is 20.3 Å². The molecule has 0 radical (unpaired) electrons. The second-order valence-corrected chi connectivity index (χ2v) is 5.72. The van der Waals surface area contributed by atoms with Crippen LogP contribution in [0.2, 0.25) is 0 Å². The Balaban J connectivity index is 2.29. The first-order valence-corrected chi connectivity index (χ1v) is 8.27. The van der Waals surface area contributed by atoms with Crippen LogP contribution < -0.4 is 5.32 Å². The fourth-order valence-corrected chi connectivity index (χ4v) is 2.45. The highest BCUT2D eigenvalue weighted by Crippen LogP contribution is 2.25. The Morgan fingerprint density at radius 2 is 1.73 bits per heavy atom. The van der Waals surface area contributed by atoms with E-state index in [9.17, 15) is 14.7 Å². The maximum atomic E-state index is 11.9. The largest absolute Gasteiger partial charge is 0.465 e. The fraction of sp³-hybridized carbons (Fsp3) is 0.368. The van der Waals surface area contributed by atoms with E-state index in [1.54, 1.807) is 24.3 Å². The van der Waals surface area contributed by atoms with Crippen LogP contribution in [0.3, 0.4) is 0 Å². The summed E-state index contributed by atoms with van der Waals surface area (Å²) in [6.45, 7) is 2.49. The summed E-state index contributed by atoms with van der Waals surface area (Å²) in [5, 5.41) is 12.4. The minimum Gasteiger partial charge on any atom is -0.465 e. The van der Waals surface area contributed by atoms with E-state index in [4.69, 9.17) is 13.9 Å². The number of carbonyl (C=O) groups is 2. The van der Waals surface area contributed by atoms with Crippen LogP contribution >= 0.6 is 0 Å². The summed E-state index contributed by atoms with van der Waals surface area (Å²) in [5.74, 6) is 0.0723. The number of aliphatic hydroxyl groups excluding tert-OH is 1. The second-order valence-electron chi connectivity index (χ2n) is 5.72. The van der Waals surface area contributed by atoms with Gasteiger partial charge in [0.25, 0.3) is 0 Å². The molecule has 0 saturated carbocycles. The van der Waals surface area contributed by atoms with Crippen LogP contribution in [0.4, 0.5) is 0 Å². The zero-order valence-electron chi connectivity index (χ0n) is 15.1. The number of rotatable bonds is 8. The third-order valence-electron chi connectivity index (χ3n) is 4.00. The molecule has 0 aliphatic carbocycles. The summed E-state index contributed by atoms with van der Waals surface area (Å²) >= 11 is 0. The lowest BCUT2D eigenvalue weighted by Gasteiger charge is -2.12. The number of benzene rings is 1. The van der Waals surface area contributed by atoms with Crippen molar-refractivity contribution in [1.29, 1.82) is 0 Å². The predicted octanol–water partition coefficient (Wildman–Crippen LogP) is 2.38. The van der Waals surface area contributed by atoms with Gasteiger partial charge in [-0.05, 0) is 36.8 Å². The van der Waals surface area contributed by atoms with E-state index >= 15 is 0 Å². The molecule has 0 saturated heterocycles. The summed E-state index contributed by atoms with van der Waals surface area (Å²) in [6.07, 6.45) is 0.799. The highest BCUT2D eigenvalue weighted by molar-refractivity contribution is 5.97. The zero-order valence-corrected chi connectivity index (χ0v) is 15.1. The van der Waals surface area contributed by atoms with E-state index in [0.29, 0.717) is 23.6 Å².